The minimum Gasteiger partial charge on any atom is -0.328 e. The molecule has 0 saturated carbocycles. The largest absolute Gasteiger partial charge is 0.328 e. The summed E-state index contributed by atoms with van der Waals surface area (Å²) in [6.45, 7) is 2.01. The van der Waals surface area contributed by atoms with Crippen molar-refractivity contribution < 1.29 is 0 Å². The third kappa shape index (κ3) is 4.40. The second-order valence-corrected chi connectivity index (χ2v) is 7.46. The lowest BCUT2D eigenvalue weighted by Gasteiger charge is -2.12. The van der Waals surface area contributed by atoms with E-state index in [-0.39, 0.29) is 6.04 Å². The van der Waals surface area contributed by atoms with Crippen molar-refractivity contribution >= 4 is 50.9 Å². The van der Waals surface area contributed by atoms with E-state index < -0.39 is 0 Å². The van der Waals surface area contributed by atoms with Gasteiger partial charge in [-0.3, -0.25) is 0 Å². The van der Waals surface area contributed by atoms with Crippen LogP contribution in [0.1, 0.15) is 12.5 Å². The normalized spacial score (nSPS) is 12.4. The second-order valence-electron chi connectivity index (χ2n) is 4.61. The van der Waals surface area contributed by atoms with Gasteiger partial charge in [-0.2, -0.15) is 0 Å². The number of hydrogen-bond acceptors (Lipinski definition) is 2. The third-order valence-corrected chi connectivity index (χ3v) is 5.01. The summed E-state index contributed by atoms with van der Waals surface area (Å²) in [5.41, 5.74) is 7.14. The number of hydrogen-bond donors (Lipinski definition) is 1. The lowest BCUT2D eigenvalue weighted by atomic mass is 10.1. The number of halogens is 3. The topological polar surface area (TPSA) is 26.0 Å². The van der Waals surface area contributed by atoms with Crippen LogP contribution in [0.15, 0.2) is 50.7 Å². The summed E-state index contributed by atoms with van der Waals surface area (Å²) in [6.07, 6.45) is 0.844. The summed E-state index contributed by atoms with van der Waals surface area (Å²) in [7, 11) is 0. The first-order valence-electron chi connectivity index (χ1n) is 6.12. The predicted molar refractivity (Wildman–Crippen MR) is 92.1 cm³/mol. The van der Waals surface area contributed by atoms with Gasteiger partial charge < -0.3 is 5.73 Å². The third-order valence-electron chi connectivity index (χ3n) is 2.69. The number of benzene rings is 2. The van der Waals surface area contributed by atoms with Crippen molar-refractivity contribution in [1.82, 2.24) is 0 Å². The monoisotopic (exact) mass is 389 g/mol. The zero-order chi connectivity index (χ0) is 14.7. The molecule has 0 aliphatic heterocycles. The first kappa shape index (κ1) is 16.2. The van der Waals surface area contributed by atoms with Crippen molar-refractivity contribution in [2.24, 2.45) is 5.73 Å². The fraction of sp³-hybridized carbons (Fsp3) is 0.200. The van der Waals surface area contributed by atoms with Crippen LogP contribution < -0.4 is 5.73 Å². The van der Waals surface area contributed by atoms with E-state index in [1.54, 1.807) is 11.8 Å². The van der Waals surface area contributed by atoms with Gasteiger partial charge in [-0.25, -0.2) is 0 Å². The Kier molecular flexibility index (Phi) is 5.82. The van der Waals surface area contributed by atoms with Gasteiger partial charge in [0.2, 0.25) is 0 Å². The molecular formula is C15H14BrCl2NS. The highest BCUT2D eigenvalue weighted by atomic mass is 79.9. The summed E-state index contributed by atoms with van der Waals surface area (Å²) in [4.78, 5) is 2.23. The molecule has 5 heteroatoms. The van der Waals surface area contributed by atoms with E-state index in [1.165, 1.54) is 10.5 Å². The molecule has 0 saturated heterocycles. The molecule has 0 fully saturated rings. The smallest absolute Gasteiger partial charge is 0.0603 e. The van der Waals surface area contributed by atoms with Gasteiger partial charge in [-0.15, -0.1) is 0 Å². The van der Waals surface area contributed by atoms with Crippen LogP contribution >= 0.6 is 50.9 Å². The Morgan fingerprint density at radius 2 is 1.90 bits per heavy atom. The van der Waals surface area contributed by atoms with Crippen molar-refractivity contribution in [1.29, 1.82) is 0 Å². The van der Waals surface area contributed by atoms with Gasteiger partial charge in [0.25, 0.3) is 0 Å². The molecule has 106 valence electrons. The Morgan fingerprint density at radius 1 is 1.15 bits per heavy atom. The van der Waals surface area contributed by atoms with Gasteiger partial charge in [-0.1, -0.05) is 57.0 Å². The van der Waals surface area contributed by atoms with E-state index in [0.717, 1.165) is 15.8 Å². The second kappa shape index (κ2) is 7.19. The quantitative estimate of drug-likeness (QED) is 0.713. The SMILES string of the molecule is CC(N)Cc1ccc(Br)cc1Sc1ccc(Cl)c(Cl)c1. The summed E-state index contributed by atoms with van der Waals surface area (Å²) in [5, 5.41) is 1.14. The minimum absolute atomic E-state index is 0.129. The Balaban J connectivity index is 2.31. The minimum atomic E-state index is 0.129. The highest BCUT2D eigenvalue weighted by Gasteiger charge is 2.09. The summed E-state index contributed by atoms with van der Waals surface area (Å²) >= 11 is 17.2. The van der Waals surface area contributed by atoms with E-state index in [9.17, 15) is 0 Å². The Bertz CT molecular complexity index is 617. The van der Waals surface area contributed by atoms with Crippen LogP contribution in [-0.4, -0.2) is 6.04 Å². The number of nitrogens with two attached hydrogens (primary N) is 1. The van der Waals surface area contributed by atoms with Crippen LogP contribution in [0.2, 0.25) is 10.0 Å². The maximum atomic E-state index is 6.06. The molecule has 0 spiro atoms. The Morgan fingerprint density at radius 3 is 2.55 bits per heavy atom. The molecule has 2 rings (SSSR count). The van der Waals surface area contributed by atoms with Crippen LogP contribution in [0.5, 0.6) is 0 Å². The van der Waals surface area contributed by atoms with Gasteiger partial charge in [0, 0.05) is 20.3 Å². The van der Waals surface area contributed by atoms with E-state index >= 15 is 0 Å². The number of rotatable bonds is 4. The van der Waals surface area contributed by atoms with Gasteiger partial charge >= 0.3 is 0 Å². The molecule has 0 heterocycles. The first-order chi connectivity index (χ1) is 9.45. The Hall–Kier alpha value is -0.190. The van der Waals surface area contributed by atoms with Crippen molar-refractivity contribution in [3.8, 4) is 0 Å². The zero-order valence-corrected chi connectivity index (χ0v) is 14.8. The highest BCUT2D eigenvalue weighted by Crippen LogP contribution is 2.35. The fourth-order valence-corrected chi connectivity index (χ4v) is 3.72. The van der Waals surface area contributed by atoms with Crippen molar-refractivity contribution in [2.45, 2.75) is 29.2 Å². The van der Waals surface area contributed by atoms with Crippen LogP contribution in [0.3, 0.4) is 0 Å². The maximum absolute atomic E-state index is 6.06. The van der Waals surface area contributed by atoms with E-state index in [2.05, 4.69) is 28.1 Å². The summed E-state index contributed by atoms with van der Waals surface area (Å²) < 4.78 is 1.05. The summed E-state index contributed by atoms with van der Waals surface area (Å²) in [6, 6.07) is 12.0. The molecule has 0 aliphatic rings. The standard InChI is InChI=1S/C15H14BrCl2NS/c1-9(19)6-10-2-3-11(16)7-15(10)20-12-4-5-13(17)14(18)8-12/h2-5,7-9H,6,19H2,1H3. The van der Waals surface area contributed by atoms with Crippen LogP contribution in [0.25, 0.3) is 0 Å². The van der Waals surface area contributed by atoms with Gasteiger partial charge in [0.15, 0.2) is 0 Å². The summed E-state index contributed by atoms with van der Waals surface area (Å²) in [5.74, 6) is 0. The fourth-order valence-electron chi connectivity index (χ4n) is 1.81. The molecule has 2 N–H and O–H groups in total. The molecule has 1 atom stereocenters. The molecule has 20 heavy (non-hydrogen) atoms. The van der Waals surface area contributed by atoms with Crippen molar-refractivity contribution in [3.05, 3.63) is 56.5 Å². The lowest BCUT2D eigenvalue weighted by molar-refractivity contribution is 0.729. The Labute approximate surface area is 142 Å². The van der Waals surface area contributed by atoms with Crippen LogP contribution in [-0.2, 0) is 6.42 Å². The molecule has 1 nitrogen and oxygen atoms in total. The van der Waals surface area contributed by atoms with E-state index in [0.29, 0.717) is 10.0 Å². The molecule has 1 unspecified atom stereocenters. The van der Waals surface area contributed by atoms with Gasteiger partial charge in [0.05, 0.1) is 10.0 Å². The predicted octanol–water partition coefficient (Wildman–Crippen LogP) is 5.80. The van der Waals surface area contributed by atoms with Gasteiger partial charge in [-0.05, 0) is 49.2 Å². The molecule has 2 aromatic carbocycles. The highest BCUT2D eigenvalue weighted by molar-refractivity contribution is 9.10. The van der Waals surface area contributed by atoms with Crippen LogP contribution in [0.4, 0.5) is 0 Å². The molecule has 0 radical (unpaired) electrons. The molecule has 0 aliphatic carbocycles. The van der Waals surface area contributed by atoms with Crippen LogP contribution in [0, 0.1) is 0 Å². The zero-order valence-electron chi connectivity index (χ0n) is 10.9. The molecule has 0 bridgehead atoms. The first-order valence-corrected chi connectivity index (χ1v) is 8.49. The van der Waals surface area contributed by atoms with Gasteiger partial charge in [0.1, 0.15) is 0 Å². The van der Waals surface area contributed by atoms with E-state index in [1.807, 2.05) is 31.2 Å². The van der Waals surface area contributed by atoms with Crippen molar-refractivity contribution in [2.75, 3.05) is 0 Å². The molecule has 2 aromatic rings. The average Bonchev–Trinajstić information content (AvgIpc) is 2.37. The van der Waals surface area contributed by atoms with Crippen molar-refractivity contribution in [3.63, 3.8) is 0 Å². The molecule has 0 amide bonds. The van der Waals surface area contributed by atoms with E-state index in [4.69, 9.17) is 28.9 Å². The molecular weight excluding hydrogens is 377 g/mol. The lowest BCUT2D eigenvalue weighted by Crippen LogP contribution is -2.18. The average molecular weight is 391 g/mol. The molecule has 0 aromatic heterocycles. The maximum Gasteiger partial charge on any atom is 0.0603 e.